The largest absolute Gasteiger partial charge is 0.507 e. The Balaban J connectivity index is 2.29. The van der Waals surface area contributed by atoms with Crippen molar-refractivity contribution in [2.75, 3.05) is 7.11 Å². The average molecular weight is 433 g/mol. The fourth-order valence-electron chi connectivity index (χ4n) is 1.85. The summed E-state index contributed by atoms with van der Waals surface area (Å²) in [5, 5.41) is 8.98. The van der Waals surface area contributed by atoms with E-state index < -0.39 is 23.2 Å². The Morgan fingerprint density at radius 2 is 2.14 bits per heavy atom. The SMILES string of the molecule is COC(=O)C(C)N1C(=O)SC(=Cc2ccc(O)c(I)c2)C1=O. The summed E-state index contributed by atoms with van der Waals surface area (Å²) in [6.07, 6.45) is 1.55. The lowest BCUT2D eigenvalue weighted by atomic mass is 10.2. The predicted octanol–water partition coefficient (Wildman–Crippen LogP) is 2.59. The molecule has 1 aliphatic rings. The van der Waals surface area contributed by atoms with Crippen molar-refractivity contribution in [3.05, 3.63) is 32.2 Å². The zero-order chi connectivity index (χ0) is 16.4. The number of phenolic OH excluding ortho intramolecular Hbond substituents is 1. The topological polar surface area (TPSA) is 83.9 Å². The van der Waals surface area contributed by atoms with Crippen LogP contribution in [0.1, 0.15) is 12.5 Å². The zero-order valence-electron chi connectivity index (χ0n) is 11.7. The maximum atomic E-state index is 12.3. The molecule has 0 aliphatic carbocycles. The number of amides is 2. The van der Waals surface area contributed by atoms with Crippen LogP contribution in [0.5, 0.6) is 5.75 Å². The Morgan fingerprint density at radius 3 is 2.73 bits per heavy atom. The predicted molar refractivity (Wildman–Crippen MR) is 90.1 cm³/mol. The monoisotopic (exact) mass is 433 g/mol. The number of rotatable bonds is 3. The minimum Gasteiger partial charge on any atom is -0.507 e. The van der Waals surface area contributed by atoms with Crippen LogP contribution in [0.15, 0.2) is 23.1 Å². The lowest BCUT2D eigenvalue weighted by Gasteiger charge is -2.18. The van der Waals surface area contributed by atoms with Gasteiger partial charge in [-0.25, -0.2) is 4.79 Å². The number of aromatic hydroxyl groups is 1. The number of benzene rings is 1. The van der Waals surface area contributed by atoms with Crippen LogP contribution >= 0.6 is 34.4 Å². The second-order valence-corrected chi connectivity index (χ2v) is 6.62. The van der Waals surface area contributed by atoms with Gasteiger partial charge in [0.1, 0.15) is 11.8 Å². The van der Waals surface area contributed by atoms with Crippen molar-refractivity contribution in [3.8, 4) is 5.75 Å². The van der Waals surface area contributed by atoms with Crippen LogP contribution in [-0.2, 0) is 14.3 Å². The molecule has 1 saturated heterocycles. The summed E-state index contributed by atoms with van der Waals surface area (Å²) in [4.78, 5) is 36.9. The van der Waals surface area contributed by atoms with Crippen LogP contribution in [0, 0.1) is 3.57 Å². The highest BCUT2D eigenvalue weighted by atomic mass is 127. The van der Waals surface area contributed by atoms with E-state index in [2.05, 4.69) is 4.74 Å². The number of thioether (sulfide) groups is 1. The van der Waals surface area contributed by atoms with E-state index in [1.165, 1.54) is 20.1 Å². The molecule has 1 aliphatic heterocycles. The Morgan fingerprint density at radius 1 is 1.45 bits per heavy atom. The second-order valence-electron chi connectivity index (χ2n) is 4.46. The molecule has 0 spiro atoms. The molecule has 2 amide bonds. The molecule has 8 heteroatoms. The van der Waals surface area contributed by atoms with Gasteiger partial charge in [0.15, 0.2) is 0 Å². The molecule has 6 nitrogen and oxygen atoms in total. The molecule has 1 aromatic carbocycles. The lowest BCUT2D eigenvalue weighted by Crippen LogP contribution is -2.42. The quantitative estimate of drug-likeness (QED) is 0.448. The van der Waals surface area contributed by atoms with E-state index >= 15 is 0 Å². The number of methoxy groups -OCH3 is 1. The third kappa shape index (κ3) is 3.27. The van der Waals surface area contributed by atoms with Gasteiger partial charge in [0.05, 0.1) is 15.6 Å². The Kier molecular flexibility index (Phi) is 5.12. The number of nitrogens with zero attached hydrogens (tertiary/aromatic N) is 1. The number of carbonyl (C=O) groups is 3. The summed E-state index contributed by atoms with van der Waals surface area (Å²) in [5.74, 6) is -1.04. The van der Waals surface area contributed by atoms with Gasteiger partial charge in [-0.2, -0.15) is 0 Å². The fraction of sp³-hybridized carbons (Fsp3) is 0.214. The molecule has 1 fully saturated rings. The van der Waals surface area contributed by atoms with Crippen molar-refractivity contribution in [3.63, 3.8) is 0 Å². The number of hydrogen-bond donors (Lipinski definition) is 1. The molecular weight excluding hydrogens is 421 g/mol. The van der Waals surface area contributed by atoms with E-state index in [1.807, 2.05) is 22.6 Å². The van der Waals surface area contributed by atoms with Gasteiger partial charge in [0.25, 0.3) is 11.1 Å². The number of phenols is 1. The summed E-state index contributed by atoms with van der Waals surface area (Å²) in [6, 6.07) is 3.86. The molecule has 0 radical (unpaired) electrons. The molecule has 0 bridgehead atoms. The third-order valence-corrected chi connectivity index (χ3v) is 4.77. The second kappa shape index (κ2) is 6.69. The number of carbonyl (C=O) groups excluding carboxylic acids is 3. The van der Waals surface area contributed by atoms with Crippen molar-refractivity contribution in [1.82, 2.24) is 4.90 Å². The van der Waals surface area contributed by atoms with Gasteiger partial charge in [0.2, 0.25) is 0 Å². The minimum atomic E-state index is -0.969. The molecule has 0 aromatic heterocycles. The van der Waals surface area contributed by atoms with Crippen LogP contribution < -0.4 is 0 Å². The highest BCUT2D eigenvalue weighted by Gasteiger charge is 2.41. The third-order valence-electron chi connectivity index (χ3n) is 3.02. The highest BCUT2D eigenvalue weighted by Crippen LogP contribution is 2.34. The van der Waals surface area contributed by atoms with E-state index in [1.54, 1.807) is 18.2 Å². The average Bonchev–Trinajstić information content (AvgIpc) is 2.75. The molecule has 1 heterocycles. The van der Waals surface area contributed by atoms with Crippen LogP contribution in [-0.4, -0.2) is 40.3 Å². The van der Waals surface area contributed by atoms with E-state index in [0.717, 1.165) is 16.7 Å². The standard InChI is InChI=1S/C14H12INO5S/c1-7(13(19)21-2)16-12(18)11(22-14(16)20)6-8-3-4-10(17)9(15)5-8/h3-7,17H,1-2H3. The number of halogens is 1. The fourth-order valence-corrected chi connectivity index (χ4v) is 3.30. The van der Waals surface area contributed by atoms with Gasteiger partial charge in [-0.1, -0.05) is 6.07 Å². The number of ether oxygens (including phenoxy) is 1. The molecule has 1 unspecified atom stereocenters. The molecule has 116 valence electrons. The molecule has 1 atom stereocenters. The summed E-state index contributed by atoms with van der Waals surface area (Å²) >= 11 is 2.73. The van der Waals surface area contributed by atoms with Gasteiger partial charge in [-0.3, -0.25) is 14.5 Å². The van der Waals surface area contributed by atoms with Crippen LogP contribution in [0.25, 0.3) is 6.08 Å². The van der Waals surface area contributed by atoms with Crippen molar-refractivity contribution in [2.45, 2.75) is 13.0 Å². The van der Waals surface area contributed by atoms with Crippen molar-refractivity contribution in [1.29, 1.82) is 0 Å². The minimum absolute atomic E-state index is 0.144. The smallest absolute Gasteiger partial charge is 0.328 e. The maximum Gasteiger partial charge on any atom is 0.328 e. The van der Waals surface area contributed by atoms with E-state index in [4.69, 9.17) is 0 Å². The van der Waals surface area contributed by atoms with Gasteiger partial charge in [-0.05, 0) is 65.0 Å². The molecule has 2 rings (SSSR count). The van der Waals surface area contributed by atoms with Crippen LogP contribution in [0.4, 0.5) is 4.79 Å². The maximum absolute atomic E-state index is 12.3. The van der Waals surface area contributed by atoms with E-state index in [-0.39, 0.29) is 10.7 Å². The van der Waals surface area contributed by atoms with E-state index in [9.17, 15) is 19.5 Å². The van der Waals surface area contributed by atoms with Gasteiger partial charge in [-0.15, -0.1) is 0 Å². The normalized spacial score (nSPS) is 18.0. The summed E-state index contributed by atoms with van der Waals surface area (Å²) in [6.45, 7) is 1.44. The molecule has 1 aromatic rings. The van der Waals surface area contributed by atoms with Gasteiger partial charge < -0.3 is 9.84 Å². The van der Waals surface area contributed by atoms with Crippen LogP contribution in [0.2, 0.25) is 0 Å². The first-order valence-electron chi connectivity index (χ1n) is 6.18. The van der Waals surface area contributed by atoms with E-state index in [0.29, 0.717) is 9.13 Å². The first-order chi connectivity index (χ1) is 10.3. The number of hydrogen-bond acceptors (Lipinski definition) is 6. The van der Waals surface area contributed by atoms with Crippen molar-refractivity contribution in [2.24, 2.45) is 0 Å². The summed E-state index contributed by atoms with van der Waals surface area (Å²) in [5.41, 5.74) is 0.679. The lowest BCUT2D eigenvalue weighted by molar-refractivity contribution is -0.148. The van der Waals surface area contributed by atoms with Crippen molar-refractivity contribution >= 4 is 57.5 Å². The Bertz CT molecular complexity index is 688. The highest BCUT2D eigenvalue weighted by molar-refractivity contribution is 14.1. The summed E-state index contributed by atoms with van der Waals surface area (Å²) in [7, 11) is 1.20. The van der Waals surface area contributed by atoms with Gasteiger partial charge in [0, 0.05) is 0 Å². The summed E-state index contributed by atoms with van der Waals surface area (Å²) < 4.78 is 5.19. The zero-order valence-corrected chi connectivity index (χ0v) is 14.7. The Labute approximate surface area is 144 Å². The molecule has 22 heavy (non-hydrogen) atoms. The number of imide groups is 1. The Hall–Kier alpha value is -1.55. The molecular formula is C14H12INO5S. The van der Waals surface area contributed by atoms with Crippen molar-refractivity contribution < 1.29 is 24.2 Å². The first kappa shape index (κ1) is 16.8. The molecule has 1 N–H and O–H groups in total. The first-order valence-corrected chi connectivity index (χ1v) is 8.08. The number of esters is 1. The van der Waals surface area contributed by atoms with Crippen LogP contribution in [0.3, 0.4) is 0 Å². The van der Waals surface area contributed by atoms with Gasteiger partial charge >= 0.3 is 5.97 Å². The molecule has 0 saturated carbocycles.